The van der Waals surface area contributed by atoms with E-state index in [-0.39, 0.29) is 12.0 Å². The molecular formula is C22H20BrClN2O2S. The maximum Gasteiger partial charge on any atom is 0.344 e. The smallest absolute Gasteiger partial charge is 0.344 e. The molecule has 4 nitrogen and oxygen atoms in total. The quantitative estimate of drug-likeness (QED) is 0.535. The lowest BCUT2D eigenvalue weighted by molar-refractivity contribution is -0.131. The van der Waals surface area contributed by atoms with Gasteiger partial charge in [0, 0.05) is 15.2 Å². The summed E-state index contributed by atoms with van der Waals surface area (Å²) in [7, 11) is 0. The molecule has 2 aliphatic heterocycles. The van der Waals surface area contributed by atoms with Crippen molar-refractivity contribution in [2.75, 3.05) is 0 Å². The van der Waals surface area contributed by atoms with Crippen LogP contribution < -0.4 is 0 Å². The summed E-state index contributed by atoms with van der Waals surface area (Å²) in [5, 5.41) is 11.2. The van der Waals surface area contributed by atoms with Crippen LogP contribution >= 0.6 is 39.3 Å². The lowest BCUT2D eigenvalue weighted by Crippen LogP contribution is -2.36. The Balaban J connectivity index is 1.92. The van der Waals surface area contributed by atoms with Crippen molar-refractivity contribution in [2.45, 2.75) is 32.4 Å². The fraction of sp³-hybridized carbons (Fsp3) is 0.273. The Morgan fingerprint density at radius 3 is 2.38 bits per heavy atom. The van der Waals surface area contributed by atoms with Crippen molar-refractivity contribution in [1.82, 2.24) is 4.90 Å². The van der Waals surface area contributed by atoms with E-state index >= 15 is 0 Å². The van der Waals surface area contributed by atoms with Crippen LogP contribution in [-0.4, -0.2) is 21.1 Å². The third-order valence-corrected chi connectivity index (χ3v) is 7.20. The largest absolute Gasteiger partial charge is 0.477 e. The number of amidine groups is 1. The molecule has 0 saturated heterocycles. The van der Waals surface area contributed by atoms with Gasteiger partial charge >= 0.3 is 5.97 Å². The predicted molar refractivity (Wildman–Crippen MR) is 122 cm³/mol. The zero-order valence-electron chi connectivity index (χ0n) is 16.2. The number of hydrogen-bond acceptors (Lipinski definition) is 4. The van der Waals surface area contributed by atoms with E-state index in [4.69, 9.17) is 16.6 Å². The van der Waals surface area contributed by atoms with Crippen molar-refractivity contribution in [3.8, 4) is 0 Å². The number of halogens is 2. The highest BCUT2D eigenvalue weighted by molar-refractivity contribution is 9.10. The molecule has 0 aliphatic carbocycles. The van der Waals surface area contributed by atoms with Gasteiger partial charge in [-0.15, -0.1) is 0 Å². The van der Waals surface area contributed by atoms with Crippen molar-refractivity contribution in [1.29, 1.82) is 0 Å². The number of carboxylic acid groups (broad SMARTS) is 1. The van der Waals surface area contributed by atoms with Gasteiger partial charge < -0.3 is 10.0 Å². The number of carbonyl (C=O) groups is 1. The zero-order chi connectivity index (χ0) is 20.9. The minimum atomic E-state index is -0.906. The third kappa shape index (κ3) is 3.41. The molecule has 0 fully saturated rings. The van der Waals surface area contributed by atoms with Gasteiger partial charge in [-0.2, -0.15) is 0 Å². The Morgan fingerprint density at radius 1 is 1.21 bits per heavy atom. The highest BCUT2D eigenvalue weighted by atomic mass is 79.9. The summed E-state index contributed by atoms with van der Waals surface area (Å²) >= 11 is 10.9. The number of thioether (sulfide) groups is 1. The van der Waals surface area contributed by atoms with E-state index in [0.717, 1.165) is 26.5 Å². The molecule has 7 heteroatoms. The van der Waals surface area contributed by atoms with E-state index < -0.39 is 11.5 Å². The number of nitrogens with zero attached hydrogens (tertiary/aromatic N) is 2. The van der Waals surface area contributed by atoms with Crippen molar-refractivity contribution in [2.24, 2.45) is 10.9 Å². The van der Waals surface area contributed by atoms with E-state index in [1.54, 1.807) is 0 Å². The molecular weight excluding hydrogens is 472 g/mol. The number of benzene rings is 2. The topological polar surface area (TPSA) is 52.9 Å². The number of carboxylic acids is 1. The molecule has 2 unspecified atom stereocenters. The van der Waals surface area contributed by atoms with Crippen molar-refractivity contribution in [3.05, 3.63) is 79.8 Å². The number of allylic oxidation sites excluding steroid dienone is 1. The van der Waals surface area contributed by atoms with Gasteiger partial charge in [-0.05, 0) is 60.0 Å². The van der Waals surface area contributed by atoms with Gasteiger partial charge in [-0.25, -0.2) is 9.79 Å². The van der Waals surface area contributed by atoms with Crippen LogP contribution in [0.2, 0.25) is 5.02 Å². The number of hydrogen-bond donors (Lipinski definition) is 1. The van der Waals surface area contributed by atoms with E-state index in [0.29, 0.717) is 9.93 Å². The van der Waals surface area contributed by atoms with Crippen LogP contribution in [0.4, 0.5) is 0 Å². The molecule has 2 atom stereocenters. The Labute approximate surface area is 187 Å². The van der Waals surface area contributed by atoms with E-state index in [1.165, 1.54) is 11.8 Å². The van der Waals surface area contributed by atoms with Gasteiger partial charge in [0.05, 0.1) is 6.04 Å². The molecule has 0 aromatic heterocycles. The van der Waals surface area contributed by atoms with Crippen LogP contribution in [0.25, 0.3) is 0 Å². The Morgan fingerprint density at radius 2 is 1.83 bits per heavy atom. The molecule has 0 saturated carbocycles. The highest BCUT2D eigenvalue weighted by Crippen LogP contribution is 2.56. The SMILES string of the molecule is CC(C)C1=C(C(=O)O)SC2=NC(C)(c3ccc(Br)cc3)C(c3ccc(Cl)cc3)N21. The van der Waals surface area contributed by atoms with Crippen molar-refractivity contribution >= 4 is 50.4 Å². The molecule has 0 spiro atoms. The summed E-state index contributed by atoms with van der Waals surface area (Å²) in [6.07, 6.45) is 0. The molecule has 150 valence electrons. The third-order valence-electron chi connectivity index (χ3n) is 5.37. The summed E-state index contributed by atoms with van der Waals surface area (Å²) in [6, 6.07) is 15.7. The first-order valence-electron chi connectivity index (χ1n) is 9.28. The number of aliphatic carboxylic acids is 1. The molecule has 0 bridgehead atoms. The highest BCUT2D eigenvalue weighted by Gasteiger charge is 2.53. The average molecular weight is 492 g/mol. The van der Waals surface area contributed by atoms with Gasteiger partial charge in [-0.1, -0.05) is 65.6 Å². The van der Waals surface area contributed by atoms with Crippen LogP contribution in [-0.2, 0) is 10.3 Å². The second-order valence-corrected chi connectivity index (χ2v) is 9.98. The molecule has 2 aromatic carbocycles. The number of aliphatic imine (C=N–C) groups is 1. The zero-order valence-corrected chi connectivity index (χ0v) is 19.3. The maximum absolute atomic E-state index is 11.9. The Kier molecular flexibility index (Phi) is 5.30. The summed E-state index contributed by atoms with van der Waals surface area (Å²) in [5.74, 6) is -0.862. The van der Waals surface area contributed by atoms with Gasteiger partial charge in [0.1, 0.15) is 10.4 Å². The van der Waals surface area contributed by atoms with Crippen LogP contribution in [0.5, 0.6) is 0 Å². The predicted octanol–water partition coefficient (Wildman–Crippen LogP) is 6.43. The van der Waals surface area contributed by atoms with Crippen LogP contribution in [0.15, 0.2) is 68.6 Å². The second kappa shape index (κ2) is 7.49. The Bertz CT molecular complexity index is 1030. The molecule has 2 aromatic rings. The van der Waals surface area contributed by atoms with Gasteiger partial charge in [0.25, 0.3) is 0 Å². The Hall–Kier alpha value is -1.76. The first kappa shape index (κ1) is 20.5. The van der Waals surface area contributed by atoms with Gasteiger partial charge in [-0.3, -0.25) is 0 Å². The van der Waals surface area contributed by atoms with Crippen LogP contribution in [0.1, 0.15) is 37.9 Å². The maximum atomic E-state index is 11.9. The summed E-state index contributed by atoms with van der Waals surface area (Å²) < 4.78 is 1.00. The lowest BCUT2D eigenvalue weighted by atomic mass is 9.81. The number of rotatable bonds is 4. The van der Waals surface area contributed by atoms with E-state index in [2.05, 4.69) is 39.9 Å². The van der Waals surface area contributed by atoms with Crippen LogP contribution in [0.3, 0.4) is 0 Å². The second-order valence-electron chi connectivity index (χ2n) is 7.65. The van der Waals surface area contributed by atoms with E-state index in [9.17, 15) is 9.90 Å². The molecule has 0 radical (unpaired) electrons. The summed E-state index contributed by atoms with van der Waals surface area (Å²) in [4.78, 5) is 19.5. The summed E-state index contributed by atoms with van der Waals surface area (Å²) in [6.45, 7) is 6.16. The molecule has 2 aliphatic rings. The lowest BCUT2D eigenvalue weighted by Gasteiger charge is -2.37. The molecule has 0 amide bonds. The van der Waals surface area contributed by atoms with Crippen LogP contribution in [0, 0.1) is 5.92 Å². The minimum absolute atomic E-state index is 0.0448. The molecule has 4 rings (SSSR count). The van der Waals surface area contributed by atoms with Crippen molar-refractivity contribution in [3.63, 3.8) is 0 Å². The first-order chi connectivity index (χ1) is 13.7. The fourth-order valence-corrected chi connectivity index (χ4v) is 5.70. The van der Waals surface area contributed by atoms with Gasteiger partial charge in [0.2, 0.25) is 0 Å². The van der Waals surface area contributed by atoms with E-state index in [1.807, 2.05) is 50.2 Å². The van der Waals surface area contributed by atoms with Gasteiger partial charge in [0.15, 0.2) is 5.17 Å². The molecule has 2 heterocycles. The normalized spacial score (nSPS) is 23.6. The molecule has 1 N–H and O–H groups in total. The first-order valence-corrected chi connectivity index (χ1v) is 11.3. The van der Waals surface area contributed by atoms with Crippen molar-refractivity contribution < 1.29 is 9.90 Å². The fourth-order valence-electron chi connectivity index (χ4n) is 4.06. The molecule has 29 heavy (non-hydrogen) atoms. The number of fused-ring (bicyclic) bond motifs is 1. The minimum Gasteiger partial charge on any atom is -0.477 e. The average Bonchev–Trinajstić information content (AvgIpc) is 3.16. The standard InChI is InChI=1S/C22H20BrClN2O2S/c1-12(2)17-18(20(27)28)29-21-25-22(3,14-6-8-15(23)9-7-14)19(26(17)21)13-4-10-16(24)11-5-13/h4-12,19H,1-3H3,(H,27,28). The summed E-state index contributed by atoms with van der Waals surface area (Å²) in [5.41, 5.74) is 2.36. The monoisotopic (exact) mass is 490 g/mol.